The van der Waals surface area contributed by atoms with Gasteiger partial charge in [-0.1, -0.05) is 17.2 Å². The van der Waals surface area contributed by atoms with Crippen molar-refractivity contribution in [2.45, 2.75) is 6.92 Å². The number of benzene rings is 1. The van der Waals surface area contributed by atoms with E-state index in [1.807, 2.05) is 6.07 Å². The molecule has 1 aromatic carbocycles. The number of azide groups is 1. The van der Waals surface area contributed by atoms with Crippen LogP contribution in [0.2, 0.25) is 0 Å². The molecule has 0 aromatic heterocycles. The van der Waals surface area contributed by atoms with Crippen LogP contribution >= 0.6 is 0 Å². The van der Waals surface area contributed by atoms with Crippen molar-refractivity contribution in [2.24, 2.45) is 5.11 Å². The highest BCUT2D eigenvalue weighted by molar-refractivity contribution is 5.53. The quantitative estimate of drug-likeness (QED) is 0.352. The summed E-state index contributed by atoms with van der Waals surface area (Å²) in [4.78, 5) is 2.66. The van der Waals surface area contributed by atoms with Gasteiger partial charge in [0.05, 0.1) is 11.6 Å². The van der Waals surface area contributed by atoms with Crippen LogP contribution in [-0.2, 0) is 0 Å². The minimum absolute atomic E-state index is 0.511. The molecule has 0 aliphatic carbocycles. The topological polar surface area (TPSA) is 72.5 Å². The molecule has 0 saturated heterocycles. The van der Waals surface area contributed by atoms with Gasteiger partial charge < -0.3 is 0 Å². The summed E-state index contributed by atoms with van der Waals surface area (Å²) >= 11 is 0. The summed E-state index contributed by atoms with van der Waals surface area (Å²) in [5, 5.41) is 12.1. The van der Waals surface area contributed by atoms with E-state index >= 15 is 0 Å². The highest BCUT2D eigenvalue weighted by atomic mass is 15.1. The number of nitrogens with zero attached hydrogens (tertiary/aromatic N) is 4. The zero-order valence-electron chi connectivity index (χ0n) is 6.52. The number of hydrogen-bond acceptors (Lipinski definition) is 2. The fourth-order valence-corrected chi connectivity index (χ4v) is 0.901. The lowest BCUT2D eigenvalue weighted by Crippen LogP contribution is -1.80. The Kier molecular flexibility index (Phi) is 2.32. The van der Waals surface area contributed by atoms with Crippen molar-refractivity contribution in [1.29, 1.82) is 5.26 Å². The molecule has 0 N–H and O–H groups in total. The second-order valence-electron chi connectivity index (χ2n) is 2.25. The van der Waals surface area contributed by atoms with Gasteiger partial charge in [0.1, 0.15) is 0 Å². The monoisotopic (exact) mass is 158 g/mol. The minimum atomic E-state index is 0.511. The van der Waals surface area contributed by atoms with Crippen molar-refractivity contribution in [2.75, 3.05) is 0 Å². The maximum Gasteiger partial charge on any atom is 0.0994 e. The zero-order chi connectivity index (χ0) is 8.97. The van der Waals surface area contributed by atoms with Crippen LogP contribution in [-0.4, -0.2) is 0 Å². The van der Waals surface area contributed by atoms with Gasteiger partial charge in [0.25, 0.3) is 0 Å². The van der Waals surface area contributed by atoms with Crippen LogP contribution in [0.25, 0.3) is 10.4 Å². The Morgan fingerprint density at radius 1 is 1.58 bits per heavy atom. The molecule has 0 unspecified atom stereocenters. The summed E-state index contributed by atoms with van der Waals surface area (Å²) in [5.74, 6) is 0. The van der Waals surface area contributed by atoms with Crippen LogP contribution < -0.4 is 0 Å². The molecular formula is C8H6N4. The average Bonchev–Trinajstić information content (AvgIpc) is 2.09. The maximum atomic E-state index is 8.63. The molecule has 4 heteroatoms. The van der Waals surface area contributed by atoms with Gasteiger partial charge in [-0.15, -0.1) is 0 Å². The van der Waals surface area contributed by atoms with Crippen LogP contribution in [0.4, 0.5) is 5.69 Å². The lowest BCUT2D eigenvalue weighted by molar-refractivity contribution is 1.34. The Balaban J connectivity index is 3.34. The summed E-state index contributed by atoms with van der Waals surface area (Å²) in [7, 11) is 0. The van der Waals surface area contributed by atoms with Gasteiger partial charge >= 0.3 is 0 Å². The molecule has 0 aliphatic rings. The number of hydrogen-bond donors (Lipinski definition) is 0. The van der Waals surface area contributed by atoms with E-state index in [0.717, 1.165) is 5.56 Å². The average molecular weight is 158 g/mol. The fourth-order valence-electron chi connectivity index (χ4n) is 0.901. The predicted octanol–water partition coefficient (Wildman–Crippen LogP) is 2.81. The largest absolute Gasteiger partial charge is 0.192 e. The van der Waals surface area contributed by atoms with Gasteiger partial charge in [0, 0.05) is 10.6 Å². The summed E-state index contributed by atoms with van der Waals surface area (Å²) < 4.78 is 0. The molecule has 0 aliphatic heterocycles. The first kappa shape index (κ1) is 8.12. The van der Waals surface area contributed by atoms with Gasteiger partial charge in [-0.25, -0.2) is 0 Å². The van der Waals surface area contributed by atoms with Crippen LogP contribution in [0.3, 0.4) is 0 Å². The predicted molar refractivity (Wildman–Crippen MR) is 44.7 cm³/mol. The SMILES string of the molecule is Cc1c(C#N)cccc1N=[N+]=[N-]. The normalized spacial score (nSPS) is 8.33. The summed E-state index contributed by atoms with van der Waals surface area (Å²) in [5.41, 5.74) is 9.96. The van der Waals surface area contributed by atoms with E-state index in [-0.39, 0.29) is 0 Å². The molecule has 0 saturated carbocycles. The van der Waals surface area contributed by atoms with E-state index in [1.54, 1.807) is 25.1 Å². The molecule has 4 nitrogen and oxygen atoms in total. The van der Waals surface area contributed by atoms with Crippen molar-refractivity contribution in [3.63, 3.8) is 0 Å². The molecular weight excluding hydrogens is 152 g/mol. The molecule has 12 heavy (non-hydrogen) atoms. The zero-order valence-corrected chi connectivity index (χ0v) is 6.52. The van der Waals surface area contributed by atoms with E-state index in [2.05, 4.69) is 10.0 Å². The van der Waals surface area contributed by atoms with Crippen molar-refractivity contribution in [3.8, 4) is 6.07 Å². The number of nitriles is 1. The Morgan fingerprint density at radius 2 is 2.33 bits per heavy atom. The van der Waals surface area contributed by atoms with Gasteiger partial charge in [-0.05, 0) is 24.1 Å². The Labute approximate surface area is 69.7 Å². The lowest BCUT2D eigenvalue weighted by atomic mass is 10.1. The lowest BCUT2D eigenvalue weighted by Gasteiger charge is -1.98. The second-order valence-corrected chi connectivity index (χ2v) is 2.25. The third kappa shape index (κ3) is 1.36. The smallest absolute Gasteiger partial charge is 0.0994 e. The van der Waals surface area contributed by atoms with E-state index in [4.69, 9.17) is 10.8 Å². The molecule has 0 atom stereocenters. The fraction of sp³-hybridized carbons (Fsp3) is 0.125. The molecule has 1 rings (SSSR count). The molecule has 0 fully saturated rings. The van der Waals surface area contributed by atoms with Crippen molar-refractivity contribution < 1.29 is 0 Å². The van der Waals surface area contributed by atoms with E-state index in [9.17, 15) is 0 Å². The highest BCUT2D eigenvalue weighted by Gasteiger charge is 1.99. The summed E-state index contributed by atoms with van der Waals surface area (Å²) in [6.07, 6.45) is 0. The van der Waals surface area contributed by atoms with Crippen LogP contribution in [0.15, 0.2) is 23.3 Å². The van der Waals surface area contributed by atoms with E-state index < -0.39 is 0 Å². The Hall–Kier alpha value is -1.98. The van der Waals surface area contributed by atoms with Gasteiger partial charge in [0.15, 0.2) is 0 Å². The first-order chi connectivity index (χ1) is 5.79. The molecule has 58 valence electrons. The number of rotatable bonds is 1. The maximum absolute atomic E-state index is 8.63. The van der Waals surface area contributed by atoms with Crippen molar-refractivity contribution >= 4 is 5.69 Å². The first-order valence-corrected chi connectivity index (χ1v) is 3.34. The second kappa shape index (κ2) is 3.42. The first-order valence-electron chi connectivity index (χ1n) is 3.34. The molecule has 0 radical (unpaired) electrons. The third-order valence-electron chi connectivity index (χ3n) is 1.58. The minimum Gasteiger partial charge on any atom is -0.192 e. The third-order valence-corrected chi connectivity index (χ3v) is 1.58. The van der Waals surface area contributed by atoms with E-state index in [0.29, 0.717) is 11.3 Å². The van der Waals surface area contributed by atoms with Crippen molar-refractivity contribution in [3.05, 3.63) is 39.8 Å². The molecule has 0 amide bonds. The van der Waals surface area contributed by atoms with Crippen molar-refractivity contribution in [1.82, 2.24) is 0 Å². The molecule has 0 bridgehead atoms. The molecule has 1 aromatic rings. The standard InChI is InChI=1S/C8H6N4/c1-6-7(5-9)3-2-4-8(6)11-12-10/h2-4H,1H3. The van der Waals surface area contributed by atoms with E-state index in [1.165, 1.54) is 0 Å². The highest BCUT2D eigenvalue weighted by Crippen LogP contribution is 2.20. The Morgan fingerprint density at radius 3 is 2.92 bits per heavy atom. The molecule has 0 spiro atoms. The summed E-state index contributed by atoms with van der Waals surface area (Å²) in [6, 6.07) is 7.06. The van der Waals surface area contributed by atoms with Crippen LogP contribution in [0, 0.1) is 18.3 Å². The summed E-state index contributed by atoms with van der Waals surface area (Å²) in [6.45, 7) is 1.75. The van der Waals surface area contributed by atoms with Gasteiger partial charge in [0.2, 0.25) is 0 Å². The van der Waals surface area contributed by atoms with Gasteiger partial charge in [-0.3, -0.25) is 0 Å². The van der Waals surface area contributed by atoms with Crippen LogP contribution in [0.5, 0.6) is 0 Å². The molecule has 0 heterocycles. The Bertz CT molecular complexity index is 383. The van der Waals surface area contributed by atoms with Crippen LogP contribution in [0.1, 0.15) is 11.1 Å². The van der Waals surface area contributed by atoms with Gasteiger partial charge in [-0.2, -0.15) is 5.26 Å².